The minimum atomic E-state index is 0.0507. The Morgan fingerprint density at radius 2 is 2.06 bits per heavy atom. The molecular weight excluding hydrogens is 204 g/mol. The van der Waals surface area contributed by atoms with Gasteiger partial charge in [0.05, 0.1) is 19.3 Å². The molecule has 2 aliphatic rings. The lowest BCUT2D eigenvalue weighted by atomic mass is 10.2. The van der Waals surface area contributed by atoms with Crippen molar-refractivity contribution in [3.05, 3.63) is 0 Å². The topological polar surface area (TPSA) is 51.5 Å². The average molecular weight is 224 g/mol. The first-order valence-electron chi connectivity index (χ1n) is 6.04. The van der Waals surface area contributed by atoms with E-state index >= 15 is 0 Å². The Morgan fingerprint density at radius 1 is 1.25 bits per heavy atom. The molecule has 0 aliphatic carbocycles. The van der Waals surface area contributed by atoms with Crippen LogP contribution in [0.4, 0.5) is 0 Å². The summed E-state index contributed by atoms with van der Waals surface area (Å²) in [5.41, 5.74) is 0. The molecule has 0 spiro atoms. The number of nitrogens with zero attached hydrogens (tertiary/aromatic N) is 3. The molecule has 2 heterocycles. The Morgan fingerprint density at radius 3 is 2.81 bits per heavy atom. The molecule has 0 aromatic rings. The van der Waals surface area contributed by atoms with Crippen molar-refractivity contribution < 1.29 is 4.74 Å². The minimum absolute atomic E-state index is 0.0507. The first kappa shape index (κ1) is 11.8. The molecule has 2 saturated heterocycles. The van der Waals surface area contributed by atoms with Gasteiger partial charge in [0.2, 0.25) is 0 Å². The van der Waals surface area contributed by atoms with E-state index in [0.29, 0.717) is 0 Å². The Labute approximate surface area is 97.0 Å². The van der Waals surface area contributed by atoms with Crippen LogP contribution in [0.3, 0.4) is 0 Å². The lowest BCUT2D eigenvalue weighted by Crippen LogP contribution is -2.53. The number of rotatable bonds is 3. The predicted molar refractivity (Wildman–Crippen MR) is 61.1 cm³/mol. The predicted octanol–water partition coefficient (Wildman–Crippen LogP) is -0.884. The van der Waals surface area contributed by atoms with Gasteiger partial charge in [-0.3, -0.25) is 9.80 Å². The second-order valence-electron chi connectivity index (χ2n) is 4.34. The normalized spacial score (nSPS) is 28.8. The summed E-state index contributed by atoms with van der Waals surface area (Å²) in [6, 6.07) is 2.41. The van der Waals surface area contributed by atoms with E-state index in [1.165, 1.54) is 0 Å². The van der Waals surface area contributed by atoms with E-state index in [-0.39, 0.29) is 6.04 Å². The zero-order valence-electron chi connectivity index (χ0n) is 9.69. The third-order valence-electron chi connectivity index (χ3n) is 3.31. The molecule has 5 nitrogen and oxygen atoms in total. The van der Waals surface area contributed by atoms with Crippen molar-refractivity contribution in [2.45, 2.75) is 6.04 Å². The SMILES string of the molecule is N#CC1CNCCN1CCN1CCOCC1. The molecule has 2 fully saturated rings. The summed E-state index contributed by atoms with van der Waals surface area (Å²) in [4.78, 5) is 4.70. The van der Waals surface area contributed by atoms with Crippen LogP contribution < -0.4 is 5.32 Å². The van der Waals surface area contributed by atoms with E-state index in [9.17, 15) is 0 Å². The molecule has 1 N–H and O–H groups in total. The van der Waals surface area contributed by atoms with Crippen molar-refractivity contribution in [1.82, 2.24) is 15.1 Å². The highest BCUT2D eigenvalue weighted by molar-refractivity contribution is 4.96. The summed E-state index contributed by atoms with van der Waals surface area (Å²) in [5, 5.41) is 12.3. The van der Waals surface area contributed by atoms with Gasteiger partial charge < -0.3 is 10.1 Å². The zero-order valence-corrected chi connectivity index (χ0v) is 9.69. The summed E-state index contributed by atoms with van der Waals surface area (Å²) in [5.74, 6) is 0. The number of piperazine rings is 1. The van der Waals surface area contributed by atoms with Gasteiger partial charge in [-0.15, -0.1) is 0 Å². The van der Waals surface area contributed by atoms with Crippen molar-refractivity contribution in [3.8, 4) is 6.07 Å². The van der Waals surface area contributed by atoms with E-state index < -0.39 is 0 Å². The Balaban J connectivity index is 1.73. The maximum atomic E-state index is 9.03. The lowest BCUT2D eigenvalue weighted by Gasteiger charge is -2.34. The fraction of sp³-hybridized carbons (Fsp3) is 0.909. The molecule has 0 amide bonds. The Bertz CT molecular complexity index is 247. The fourth-order valence-electron chi connectivity index (χ4n) is 2.24. The molecule has 0 bridgehead atoms. The van der Waals surface area contributed by atoms with Gasteiger partial charge in [-0.05, 0) is 0 Å². The first-order valence-corrected chi connectivity index (χ1v) is 6.04. The van der Waals surface area contributed by atoms with E-state index in [1.807, 2.05) is 0 Å². The highest BCUT2D eigenvalue weighted by Gasteiger charge is 2.22. The minimum Gasteiger partial charge on any atom is -0.379 e. The number of ether oxygens (including phenoxy) is 1. The quantitative estimate of drug-likeness (QED) is 0.674. The van der Waals surface area contributed by atoms with Crippen molar-refractivity contribution in [2.24, 2.45) is 0 Å². The fourth-order valence-corrected chi connectivity index (χ4v) is 2.24. The van der Waals surface area contributed by atoms with Crippen LogP contribution in [0.5, 0.6) is 0 Å². The molecule has 0 aromatic heterocycles. The van der Waals surface area contributed by atoms with Gasteiger partial charge in [-0.25, -0.2) is 0 Å². The van der Waals surface area contributed by atoms with Crippen LogP contribution in [0.1, 0.15) is 0 Å². The molecule has 5 heteroatoms. The highest BCUT2D eigenvalue weighted by atomic mass is 16.5. The van der Waals surface area contributed by atoms with Gasteiger partial charge in [0.15, 0.2) is 0 Å². The largest absolute Gasteiger partial charge is 0.379 e. The summed E-state index contributed by atoms with van der Waals surface area (Å²) in [6.45, 7) is 8.62. The second-order valence-corrected chi connectivity index (χ2v) is 4.34. The van der Waals surface area contributed by atoms with E-state index in [0.717, 1.165) is 59.0 Å². The monoisotopic (exact) mass is 224 g/mol. The van der Waals surface area contributed by atoms with Crippen LogP contribution in [-0.4, -0.2) is 74.9 Å². The van der Waals surface area contributed by atoms with Gasteiger partial charge in [0, 0.05) is 45.8 Å². The van der Waals surface area contributed by atoms with Gasteiger partial charge in [-0.2, -0.15) is 5.26 Å². The van der Waals surface area contributed by atoms with E-state index in [1.54, 1.807) is 0 Å². The number of nitrogens with one attached hydrogen (secondary N) is 1. The van der Waals surface area contributed by atoms with Gasteiger partial charge in [0.25, 0.3) is 0 Å². The maximum Gasteiger partial charge on any atom is 0.110 e. The number of nitriles is 1. The van der Waals surface area contributed by atoms with Crippen molar-refractivity contribution in [2.75, 3.05) is 59.0 Å². The summed E-state index contributed by atoms with van der Waals surface area (Å²) in [7, 11) is 0. The maximum absolute atomic E-state index is 9.03. The molecule has 16 heavy (non-hydrogen) atoms. The standard InChI is InChI=1S/C11H20N4O/c12-9-11-10-13-1-2-15(11)4-3-14-5-7-16-8-6-14/h11,13H,1-8,10H2. The third kappa shape index (κ3) is 3.16. The number of morpholine rings is 1. The molecular formula is C11H20N4O. The van der Waals surface area contributed by atoms with Crippen molar-refractivity contribution in [1.29, 1.82) is 5.26 Å². The molecule has 0 aromatic carbocycles. The Kier molecular flexibility index (Phi) is 4.55. The molecule has 0 radical (unpaired) electrons. The number of hydrogen-bond acceptors (Lipinski definition) is 5. The summed E-state index contributed by atoms with van der Waals surface area (Å²) >= 11 is 0. The van der Waals surface area contributed by atoms with Gasteiger partial charge in [-0.1, -0.05) is 0 Å². The van der Waals surface area contributed by atoms with Crippen LogP contribution in [-0.2, 0) is 4.74 Å². The summed E-state index contributed by atoms with van der Waals surface area (Å²) < 4.78 is 5.32. The molecule has 90 valence electrons. The van der Waals surface area contributed by atoms with Gasteiger partial charge >= 0.3 is 0 Å². The van der Waals surface area contributed by atoms with Gasteiger partial charge in [0.1, 0.15) is 6.04 Å². The third-order valence-corrected chi connectivity index (χ3v) is 3.31. The van der Waals surface area contributed by atoms with Crippen molar-refractivity contribution in [3.63, 3.8) is 0 Å². The molecule has 0 saturated carbocycles. The van der Waals surface area contributed by atoms with Crippen LogP contribution in [0.15, 0.2) is 0 Å². The van der Waals surface area contributed by atoms with Crippen LogP contribution in [0, 0.1) is 11.3 Å². The van der Waals surface area contributed by atoms with Crippen LogP contribution in [0.2, 0.25) is 0 Å². The molecule has 1 unspecified atom stereocenters. The first-order chi connectivity index (χ1) is 7.90. The summed E-state index contributed by atoms with van der Waals surface area (Å²) in [6.07, 6.45) is 0. The number of hydrogen-bond donors (Lipinski definition) is 1. The average Bonchev–Trinajstić information content (AvgIpc) is 2.38. The molecule has 1 atom stereocenters. The highest BCUT2D eigenvalue weighted by Crippen LogP contribution is 2.03. The lowest BCUT2D eigenvalue weighted by molar-refractivity contribution is 0.0311. The zero-order chi connectivity index (χ0) is 11.2. The van der Waals surface area contributed by atoms with Crippen LogP contribution >= 0.6 is 0 Å². The van der Waals surface area contributed by atoms with E-state index in [4.69, 9.17) is 10.00 Å². The second kappa shape index (κ2) is 6.16. The molecule has 2 rings (SSSR count). The molecule has 2 aliphatic heterocycles. The Hall–Kier alpha value is -0.670. The van der Waals surface area contributed by atoms with Crippen molar-refractivity contribution >= 4 is 0 Å². The van der Waals surface area contributed by atoms with Crippen LogP contribution in [0.25, 0.3) is 0 Å². The van der Waals surface area contributed by atoms with E-state index in [2.05, 4.69) is 21.2 Å². The smallest absolute Gasteiger partial charge is 0.110 e.